The molecule has 2 aliphatic heterocycles. The lowest BCUT2D eigenvalue weighted by Gasteiger charge is -2.21. The van der Waals surface area contributed by atoms with Crippen LogP contribution in [0.1, 0.15) is 19.3 Å². The van der Waals surface area contributed by atoms with Crippen LogP contribution in [0.5, 0.6) is 0 Å². The standard InChI is InChI=1S/C14H17BrFN3O/c15-11-7-12(16)13(17-8-11)19-6-3-10(9-19)14(20)18-4-1-2-5-18/h7-8,10H,1-6,9H2. The van der Waals surface area contributed by atoms with Gasteiger partial charge in [-0.1, -0.05) is 0 Å². The van der Waals surface area contributed by atoms with Crippen molar-refractivity contribution in [3.8, 4) is 0 Å². The fourth-order valence-corrected chi connectivity index (χ4v) is 3.29. The summed E-state index contributed by atoms with van der Waals surface area (Å²) in [6, 6.07) is 1.41. The Hall–Kier alpha value is -1.17. The minimum Gasteiger partial charge on any atom is -0.353 e. The average Bonchev–Trinajstić information content (AvgIpc) is 3.09. The molecule has 2 aliphatic rings. The molecule has 1 amide bonds. The molecule has 6 heteroatoms. The first-order chi connectivity index (χ1) is 9.65. The van der Waals surface area contributed by atoms with Crippen molar-refractivity contribution in [2.45, 2.75) is 19.3 Å². The Bertz CT molecular complexity index is 519. The highest BCUT2D eigenvalue weighted by atomic mass is 79.9. The summed E-state index contributed by atoms with van der Waals surface area (Å²) in [4.78, 5) is 20.3. The van der Waals surface area contributed by atoms with Crippen LogP contribution in [-0.2, 0) is 4.79 Å². The topological polar surface area (TPSA) is 36.4 Å². The normalized spacial score (nSPS) is 22.6. The summed E-state index contributed by atoms with van der Waals surface area (Å²) in [5.41, 5.74) is 0. The molecule has 0 spiro atoms. The Kier molecular flexibility index (Phi) is 3.92. The lowest BCUT2D eigenvalue weighted by atomic mass is 10.1. The number of amides is 1. The first-order valence-electron chi connectivity index (χ1n) is 7.00. The number of anilines is 1. The molecule has 3 heterocycles. The minimum absolute atomic E-state index is 0.0158. The van der Waals surface area contributed by atoms with Crippen LogP contribution in [-0.4, -0.2) is 42.0 Å². The number of aromatic nitrogens is 1. The van der Waals surface area contributed by atoms with Crippen LogP contribution in [0.2, 0.25) is 0 Å². The molecule has 0 aromatic carbocycles. The third-order valence-corrected chi connectivity index (χ3v) is 4.48. The van der Waals surface area contributed by atoms with E-state index in [4.69, 9.17) is 0 Å². The van der Waals surface area contributed by atoms with Crippen molar-refractivity contribution < 1.29 is 9.18 Å². The lowest BCUT2D eigenvalue weighted by Crippen LogP contribution is -2.35. The smallest absolute Gasteiger partial charge is 0.227 e. The van der Waals surface area contributed by atoms with Gasteiger partial charge < -0.3 is 9.80 Å². The molecule has 2 saturated heterocycles. The third kappa shape index (κ3) is 2.66. The highest BCUT2D eigenvalue weighted by Crippen LogP contribution is 2.27. The van der Waals surface area contributed by atoms with Gasteiger partial charge >= 0.3 is 0 Å². The predicted octanol–water partition coefficient (Wildman–Crippen LogP) is 2.43. The van der Waals surface area contributed by atoms with E-state index in [-0.39, 0.29) is 17.6 Å². The molecule has 20 heavy (non-hydrogen) atoms. The zero-order chi connectivity index (χ0) is 14.1. The van der Waals surface area contributed by atoms with Gasteiger partial charge in [0, 0.05) is 36.8 Å². The molecular weight excluding hydrogens is 325 g/mol. The lowest BCUT2D eigenvalue weighted by molar-refractivity contribution is -0.133. The van der Waals surface area contributed by atoms with Gasteiger partial charge in [0.05, 0.1) is 5.92 Å². The molecule has 0 N–H and O–H groups in total. The Morgan fingerprint density at radius 2 is 2.10 bits per heavy atom. The van der Waals surface area contributed by atoms with Crippen molar-refractivity contribution in [2.75, 3.05) is 31.1 Å². The van der Waals surface area contributed by atoms with E-state index in [1.807, 2.05) is 9.80 Å². The largest absolute Gasteiger partial charge is 0.353 e. The molecule has 1 aromatic rings. The van der Waals surface area contributed by atoms with Gasteiger partial charge in [-0.3, -0.25) is 4.79 Å². The molecule has 0 radical (unpaired) electrons. The van der Waals surface area contributed by atoms with E-state index in [2.05, 4.69) is 20.9 Å². The summed E-state index contributed by atoms with van der Waals surface area (Å²) >= 11 is 3.20. The van der Waals surface area contributed by atoms with Crippen molar-refractivity contribution in [1.29, 1.82) is 0 Å². The third-order valence-electron chi connectivity index (χ3n) is 4.04. The SMILES string of the molecule is O=C(C1CCN(c2ncc(Br)cc2F)C1)N1CCCC1. The van der Waals surface area contributed by atoms with Gasteiger partial charge in [-0.25, -0.2) is 9.37 Å². The van der Waals surface area contributed by atoms with Crippen molar-refractivity contribution in [3.63, 3.8) is 0 Å². The van der Waals surface area contributed by atoms with Crippen LogP contribution in [0.25, 0.3) is 0 Å². The van der Waals surface area contributed by atoms with Gasteiger partial charge in [-0.2, -0.15) is 0 Å². The minimum atomic E-state index is -0.339. The first-order valence-corrected chi connectivity index (χ1v) is 7.79. The maximum absolute atomic E-state index is 13.9. The van der Waals surface area contributed by atoms with E-state index in [0.717, 1.165) is 32.4 Å². The molecule has 0 aliphatic carbocycles. The molecule has 0 saturated carbocycles. The number of carbonyl (C=O) groups excluding carboxylic acids is 1. The zero-order valence-electron chi connectivity index (χ0n) is 11.2. The number of nitrogens with zero attached hydrogens (tertiary/aromatic N) is 3. The van der Waals surface area contributed by atoms with E-state index in [1.165, 1.54) is 6.07 Å². The van der Waals surface area contributed by atoms with Crippen molar-refractivity contribution in [2.24, 2.45) is 5.92 Å². The molecule has 1 aromatic heterocycles. The van der Waals surface area contributed by atoms with E-state index < -0.39 is 0 Å². The predicted molar refractivity (Wildman–Crippen MR) is 78.0 cm³/mol. The van der Waals surface area contributed by atoms with Gasteiger partial charge in [0.15, 0.2) is 11.6 Å². The Balaban J connectivity index is 1.68. The van der Waals surface area contributed by atoms with Crippen LogP contribution in [0.15, 0.2) is 16.7 Å². The Morgan fingerprint density at radius 3 is 2.80 bits per heavy atom. The number of rotatable bonds is 2. The fourth-order valence-electron chi connectivity index (χ4n) is 2.99. The van der Waals surface area contributed by atoms with E-state index in [0.29, 0.717) is 23.4 Å². The van der Waals surface area contributed by atoms with Crippen LogP contribution >= 0.6 is 15.9 Å². The summed E-state index contributed by atoms with van der Waals surface area (Å²) in [7, 11) is 0. The number of carbonyl (C=O) groups is 1. The van der Waals surface area contributed by atoms with Gasteiger partial charge in [0.25, 0.3) is 0 Å². The van der Waals surface area contributed by atoms with Gasteiger partial charge in [0.2, 0.25) is 5.91 Å². The summed E-state index contributed by atoms with van der Waals surface area (Å²) in [6.45, 7) is 3.01. The maximum atomic E-state index is 13.9. The highest BCUT2D eigenvalue weighted by molar-refractivity contribution is 9.10. The quantitative estimate of drug-likeness (QED) is 0.828. The zero-order valence-corrected chi connectivity index (χ0v) is 12.8. The fraction of sp³-hybridized carbons (Fsp3) is 0.571. The first kappa shape index (κ1) is 13.8. The number of pyridine rings is 1. The molecule has 1 unspecified atom stereocenters. The Morgan fingerprint density at radius 1 is 1.35 bits per heavy atom. The van der Waals surface area contributed by atoms with Crippen LogP contribution in [0.4, 0.5) is 10.2 Å². The van der Waals surface area contributed by atoms with Crippen molar-refractivity contribution in [3.05, 3.63) is 22.6 Å². The van der Waals surface area contributed by atoms with Gasteiger partial charge in [0.1, 0.15) is 0 Å². The number of likely N-dealkylation sites (tertiary alicyclic amines) is 1. The molecule has 1 atom stereocenters. The second-order valence-electron chi connectivity index (χ2n) is 5.42. The van der Waals surface area contributed by atoms with E-state index >= 15 is 0 Å². The van der Waals surface area contributed by atoms with E-state index in [1.54, 1.807) is 6.20 Å². The van der Waals surface area contributed by atoms with Gasteiger partial charge in [-0.05, 0) is 41.3 Å². The molecule has 3 rings (SSSR count). The second kappa shape index (κ2) is 5.68. The molecule has 4 nitrogen and oxygen atoms in total. The second-order valence-corrected chi connectivity index (χ2v) is 6.34. The number of hydrogen-bond acceptors (Lipinski definition) is 3. The number of halogens is 2. The van der Waals surface area contributed by atoms with Crippen LogP contribution in [0.3, 0.4) is 0 Å². The summed E-state index contributed by atoms with van der Waals surface area (Å²) in [5.74, 6) is 0.221. The molecule has 2 fully saturated rings. The highest BCUT2D eigenvalue weighted by Gasteiger charge is 2.33. The van der Waals surface area contributed by atoms with Crippen molar-refractivity contribution in [1.82, 2.24) is 9.88 Å². The molecule has 0 bridgehead atoms. The Labute approximate surface area is 126 Å². The summed E-state index contributed by atoms with van der Waals surface area (Å²) < 4.78 is 14.5. The van der Waals surface area contributed by atoms with Crippen LogP contribution in [0, 0.1) is 11.7 Å². The molecule has 108 valence electrons. The van der Waals surface area contributed by atoms with E-state index in [9.17, 15) is 9.18 Å². The maximum Gasteiger partial charge on any atom is 0.227 e. The monoisotopic (exact) mass is 341 g/mol. The van der Waals surface area contributed by atoms with Crippen molar-refractivity contribution >= 4 is 27.7 Å². The van der Waals surface area contributed by atoms with Crippen LogP contribution < -0.4 is 4.90 Å². The summed E-state index contributed by atoms with van der Waals surface area (Å²) in [6.07, 6.45) is 4.58. The number of hydrogen-bond donors (Lipinski definition) is 0. The average molecular weight is 342 g/mol. The summed E-state index contributed by atoms with van der Waals surface area (Å²) in [5, 5.41) is 0. The molecular formula is C14H17BrFN3O. The van der Waals surface area contributed by atoms with Gasteiger partial charge in [-0.15, -0.1) is 0 Å².